The van der Waals surface area contributed by atoms with Crippen LogP contribution in [0.25, 0.3) is 0 Å². The van der Waals surface area contributed by atoms with Crippen molar-refractivity contribution in [2.75, 3.05) is 13.2 Å². The van der Waals surface area contributed by atoms with Crippen molar-refractivity contribution in [2.45, 2.75) is 161 Å². The van der Waals surface area contributed by atoms with E-state index in [0.29, 0.717) is 19.3 Å². The van der Waals surface area contributed by atoms with Crippen LogP contribution in [0.15, 0.2) is 97.2 Å². The molecule has 0 amide bonds. The highest BCUT2D eigenvalue weighted by molar-refractivity contribution is 7.46. The maximum absolute atomic E-state index is 12.4. The predicted octanol–water partition coefficient (Wildman–Crippen LogP) is 11.6. The number of hydrogen-bond acceptors (Lipinski definition) is 7. The maximum Gasteiger partial charge on any atom is 0.469 e. The lowest BCUT2D eigenvalue weighted by Crippen LogP contribution is -2.29. The summed E-state index contributed by atoms with van der Waals surface area (Å²) in [4.78, 5) is 42.8. The molecule has 0 spiro atoms. The van der Waals surface area contributed by atoms with E-state index in [4.69, 9.17) is 19.3 Å². The van der Waals surface area contributed by atoms with E-state index in [9.17, 15) is 19.3 Å². The molecule has 0 aromatic rings. The predicted molar refractivity (Wildman–Crippen MR) is 226 cm³/mol. The molecule has 0 radical (unpaired) electrons. The van der Waals surface area contributed by atoms with Crippen LogP contribution in [0.5, 0.6) is 0 Å². The molecule has 0 aromatic heterocycles. The monoisotopic (exact) mass is 788 g/mol. The minimum absolute atomic E-state index is 0.0298. The number of unbranched alkanes of at least 4 members (excludes halogenated alkanes) is 9. The molecule has 312 valence electrons. The van der Waals surface area contributed by atoms with E-state index in [1.165, 1.54) is 38.5 Å². The van der Waals surface area contributed by atoms with Crippen LogP contribution in [0, 0.1) is 0 Å². The van der Waals surface area contributed by atoms with Crippen LogP contribution in [0.4, 0.5) is 0 Å². The zero-order chi connectivity index (χ0) is 40.5. The van der Waals surface area contributed by atoms with Gasteiger partial charge >= 0.3 is 19.8 Å². The van der Waals surface area contributed by atoms with Gasteiger partial charge in [-0.05, 0) is 83.5 Å². The van der Waals surface area contributed by atoms with E-state index < -0.39 is 45.2 Å². The number of rotatable bonds is 36. The molecule has 0 heterocycles. The molecule has 0 bridgehead atoms. The number of carbonyl (C=O) groups is 2. The molecule has 0 aromatic carbocycles. The third-order valence-electron chi connectivity index (χ3n) is 8.19. The molecule has 55 heavy (non-hydrogen) atoms. The first kappa shape index (κ1) is 51.9. The number of allylic oxidation sites excluding steroid dienone is 15. The van der Waals surface area contributed by atoms with Crippen molar-refractivity contribution in [3.05, 3.63) is 97.2 Å². The van der Waals surface area contributed by atoms with Gasteiger partial charge in [0.05, 0.1) is 12.7 Å². The minimum Gasteiger partial charge on any atom is -0.462 e. The molecule has 0 saturated carbocycles. The van der Waals surface area contributed by atoms with Crippen molar-refractivity contribution in [3.8, 4) is 0 Å². The van der Waals surface area contributed by atoms with Gasteiger partial charge in [-0.25, -0.2) is 4.57 Å². The molecule has 0 aliphatic rings. The first-order valence-corrected chi connectivity index (χ1v) is 22.2. The Morgan fingerprint density at radius 3 is 1.67 bits per heavy atom. The van der Waals surface area contributed by atoms with Gasteiger partial charge < -0.3 is 24.4 Å². The number of hydrogen-bond donors (Lipinski definition) is 3. The van der Waals surface area contributed by atoms with E-state index in [1.54, 1.807) is 12.2 Å². The number of carbonyl (C=O) groups excluding carboxylic acids is 2. The van der Waals surface area contributed by atoms with Crippen molar-refractivity contribution >= 4 is 19.8 Å². The molecule has 10 heteroatoms. The van der Waals surface area contributed by atoms with Gasteiger partial charge in [0.25, 0.3) is 0 Å². The number of ether oxygens (including phenoxy) is 2. The quantitative estimate of drug-likeness (QED) is 0.0186. The summed E-state index contributed by atoms with van der Waals surface area (Å²) in [7, 11) is -4.81. The fourth-order valence-corrected chi connectivity index (χ4v) is 5.47. The van der Waals surface area contributed by atoms with E-state index >= 15 is 0 Å². The summed E-state index contributed by atoms with van der Waals surface area (Å²) in [6, 6.07) is 0. The van der Waals surface area contributed by atoms with Crippen molar-refractivity contribution in [3.63, 3.8) is 0 Å². The van der Waals surface area contributed by atoms with Crippen molar-refractivity contribution in [2.24, 2.45) is 0 Å². The van der Waals surface area contributed by atoms with Crippen LogP contribution in [-0.2, 0) is 28.2 Å². The lowest BCUT2D eigenvalue weighted by atomic mass is 10.1. The fourth-order valence-electron chi connectivity index (χ4n) is 5.11. The van der Waals surface area contributed by atoms with Gasteiger partial charge in [-0.2, -0.15) is 0 Å². The molecule has 2 atom stereocenters. The number of esters is 2. The number of aliphatic hydroxyl groups is 1. The Morgan fingerprint density at radius 1 is 0.582 bits per heavy atom. The summed E-state index contributed by atoms with van der Waals surface area (Å²) in [5, 5.41) is 10.2. The molecule has 0 saturated heterocycles. The average Bonchev–Trinajstić information content (AvgIpc) is 3.15. The van der Waals surface area contributed by atoms with Gasteiger partial charge in [-0.1, -0.05) is 150 Å². The summed E-state index contributed by atoms with van der Waals surface area (Å²) in [6.07, 6.45) is 50.1. The summed E-state index contributed by atoms with van der Waals surface area (Å²) >= 11 is 0. The Balaban J connectivity index is 4.20. The van der Waals surface area contributed by atoms with Crippen LogP contribution in [0.2, 0.25) is 0 Å². The van der Waals surface area contributed by atoms with Crippen molar-refractivity contribution in [1.29, 1.82) is 0 Å². The van der Waals surface area contributed by atoms with Gasteiger partial charge in [-0.3, -0.25) is 14.1 Å². The van der Waals surface area contributed by atoms with Gasteiger partial charge in [-0.15, -0.1) is 0 Å². The molecule has 1 unspecified atom stereocenters. The van der Waals surface area contributed by atoms with Crippen LogP contribution < -0.4 is 0 Å². The Kier molecular flexibility index (Phi) is 37.0. The Hall–Kier alpha value is -3.07. The standard InChI is InChI=1S/C45H73O9P/c1-3-5-7-9-11-13-15-17-18-19-20-21-22-24-26-28-30-32-34-38-45(48)54-43(41-53-55(49,50)51)40-52-44(47)39-35-37-42(46)36-33-31-29-27-25-23-16-14-12-10-8-6-4-2/h5,7,11,13,17-18,20-21,23-26,29,31,33,36,42-43,46H,3-4,6,8-10,12,14-16,19,22,27-28,30,32,34-35,37-41H2,1-2H3,(H2,49,50,51)/b7-5-,13-11-,18-17-,21-20-,25-23+,26-24-,31-29+,36-33+/t42?,43-/m1/s1. The summed E-state index contributed by atoms with van der Waals surface area (Å²) in [5.74, 6) is -1.13. The number of aliphatic hydroxyl groups excluding tert-OH is 1. The average molecular weight is 789 g/mol. The second kappa shape index (κ2) is 39.2. The first-order valence-electron chi connectivity index (χ1n) is 20.6. The zero-order valence-corrected chi connectivity index (χ0v) is 34.8. The number of phosphoric ester groups is 1. The van der Waals surface area contributed by atoms with E-state index in [2.05, 4.69) is 91.3 Å². The normalized spacial score (nSPS) is 14.1. The van der Waals surface area contributed by atoms with Gasteiger partial charge in [0.15, 0.2) is 6.10 Å². The first-order chi connectivity index (χ1) is 26.7. The van der Waals surface area contributed by atoms with Crippen molar-refractivity contribution < 1.29 is 43.0 Å². The molecule has 0 aliphatic heterocycles. The lowest BCUT2D eigenvalue weighted by molar-refractivity contribution is -0.161. The summed E-state index contributed by atoms with van der Waals surface area (Å²) in [6.45, 7) is 3.36. The minimum atomic E-state index is -4.81. The zero-order valence-electron chi connectivity index (χ0n) is 33.9. The van der Waals surface area contributed by atoms with Crippen LogP contribution in [0.1, 0.15) is 149 Å². The van der Waals surface area contributed by atoms with Gasteiger partial charge in [0.2, 0.25) is 0 Å². The largest absolute Gasteiger partial charge is 0.469 e. The summed E-state index contributed by atoms with van der Waals surface area (Å²) < 4.78 is 26.2. The van der Waals surface area contributed by atoms with E-state index in [0.717, 1.165) is 64.2 Å². The van der Waals surface area contributed by atoms with Crippen LogP contribution in [0.3, 0.4) is 0 Å². The molecular formula is C45H73O9P. The Morgan fingerprint density at radius 2 is 1.09 bits per heavy atom. The third kappa shape index (κ3) is 41.9. The second-order valence-corrected chi connectivity index (χ2v) is 14.7. The highest BCUT2D eigenvalue weighted by atomic mass is 31.2. The second-order valence-electron chi connectivity index (χ2n) is 13.4. The third-order valence-corrected chi connectivity index (χ3v) is 8.68. The van der Waals surface area contributed by atoms with Crippen LogP contribution >= 0.6 is 7.82 Å². The highest BCUT2D eigenvalue weighted by Gasteiger charge is 2.23. The maximum atomic E-state index is 12.4. The van der Waals surface area contributed by atoms with Crippen LogP contribution in [-0.4, -0.2) is 52.3 Å². The number of phosphoric acid groups is 1. The SMILES string of the molecule is CC/C=C\C/C=C\C/C=C\C/C=C\C/C=C\CCCCCC(=O)O[C@H](COC(=O)CCCC(O)/C=C/C=C/C/C=C/CCCCCCCC)COP(=O)(O)O. The molecule has 9 nitrogen and oxygen atoms in total. The van der Waals surface area contributed by atoms with Crippen molar-refractivity contribution in [1.82, 2.24) is 0 Å². The van der Waals surface area contributed by atoms with E-state index in [1.807, 2.05) is 12.2 Å². The Bertz CT molecular complexity index is 1220. The fraction of sp³-hybridized carbons (Fsp3) is 0.600. The van der Waals surface area contributed by atoms with Gasteiger partial charge in [0, 0.05) is 12.8 Å². The van der Waals surface area contributed by atoms with Gasteiger partial charge in [0.1, 0.15) is 6.61 Å². The molecule has 0 aliphatic carbocycles. The highest BCUT2D eigenvalue weighted by Crippen LogP contribution is 2.36. The molecular weight excluding hydrogens is 715 g/mol. The topological polar surface area (TPSA) is 140 Å². The molecule has 0 rings (SSSR count). The van der Waals surface area contributed by atoms with E-state index in [-0.39, 0.29) is 12.8 Å². The lowest BCUT2D eigenvalue weighted by Gasteiger charge is -2.18. The Labute approximate surface area is 333 Å². The molecule has 0 fully saturated rings. The smallest absolute Gasteiger partial charge is 0.462 e. The molecule has 3 N–H and O–H groups in total. The summed E-state index contributed by atoms with van der Waals surface area (Å²) in [5.41, 5.74) is 0.